The van der Waals surface area contributed by atoms with Gasteiger partial charge in [0.15, 0.2) is 11.6 Å². The Morgan fingerprint density at radius 2 is 1.67 bits per heavy atom. The number of halogens is 2. The average molecular weight is 290 g/mol. The predicted octanol–water partition coefficient (Wildman–Crippen LogP) is 2.70. The first kappa shape index (κ1) is 15.1. The lowest BCUT2D eigenvalue weighted by molar-refractivity contribution is 0.0784. The summed E-state index contributed by atoms with van der Waals surface area (Å²) in [7, 11) is 1.61. The maximum Gasteiger partial charge on any atom is 0.254 e. The van der Waals surface area contributed by atoms with Gasteiger partial charge < -0.3 is 10.6 Å². The molecule has 0 saturated carbocycles. The third-order valence-corrected chi connectivity index (χ3v) is 3.19. The summed E-state index contributed by atoms with van der Waals surface area (Å²) in [5.74, 6) is -2.36. The molecule has 0 aliphatic carbocycles. The second kappa shape index (κ2) is 6.45. The highest BCUT2D eigenvalue weighted by Crippen LogP contribution is 2.13. The van der Waals surface area contributed by atoms with Crippen molar-refractivity contribution < 1.29 is 13.6 Å². The van der Waals surface area contributed by atoms with Crippen LogP contribution in [-0.2, 0) is 13.1 Å². The predicted molar refractivity (Wildman–Crippen MR) is 76.5 cm³/mol. The van der Waals surface area contributed by atoms with Gasteiger partial charge in [-0.2, -0.15) is 0 Å². The molecule has 1 amide bonds. The Morgan fingerprint density at radius 3 is 2.24 bits per heavy atom. The number of nitrogens with two attached hydrogens (primary N) is 1. The quantitative estimate of drug-likeness (QED) is 0.941. The summed E-state index contributed by atoms with van der Waals surface area (Å²) >= 11 is 0. The van der Waals surface area contributed by atoms with Crippen molar-refractivity contribution in [3.05, 3.63) is 70.8 Å². The SMILES string of the molecule is CN(Cc1ccc(CN)cc1)C(=O)c1ccc(F)c(F)c1. The van der Waals surface area contributed by atoms with Crippen LogP contribution in [0.25, 0.3) is 0 Å². The van der Waals surface area contributed by atoms with Gasteiger partial charge >= 0.3 is 0 Å². The van der Waals surface area contributed by atoms with Crippen molar-refractivity contribution >= 4 is 5.91 Å². The van der Waals surface area contributed by atoms with E-state index < -0.39 is 11.6 Å². The molecule has 0 aliphatic heterocycles. The number of carbonyl (C=O) groups is 1. The first-order valence-electron chi connectivity index (χ1n) is 6.49. The van der Waals surface area contributed by atoms with E-state index in [0.29, 0.717) is 13.1 Å². The van der Waals surface area contributed by atoms with Crippen LogP contribution in [-0.4, -0.2) is 17.9 Å². The number of hydrogen-bond donors (Lipinski definition) is 1. The molecule has 2 rings (SSSR count). The molecule has 2 N–H and O–H groups in total. The van der Waals surface area contributed by atoms with Gasteiger partial charge in [-0.25, -0.2) is 8.78 Å². The molecule has 5 heteroatoms. The lowest BCUT2D eigenvalue weighted by atomic mass is 10.1. The minimum atomic E-state index is -1.03. The van der Waals surface area contributed by atoms with E-state index in [-0.39, 0.29) is 11.5 Å². The van der Waals surface area contributed by atoms with E-state index >= 15 is 0 Å². The highest BCUT2D eigenvalue weighted by molar-refractivity contribution is 5.94. The molecule has 0 fully saturated rings. The van der Waals surface area contributed by atoms with Gasteiger partial charge in [0.1, 0.15) is 0 Å². The van der Waals surface area contributed by atoms with Gasteiger partial charge in [-0.05, 0) is 29.3 Å². The van der Waals surface area contributed by atoms with Gasteiger partial charge in [0.25, 0.3) is 5.91 Å². The van der Waals surface area contributed by atoms with E-state index in [4.69, 9.17) is 5.73 Å². The molecule has 0 heterocycles. The van der Waals surface area contributed by atoms with Crippen LogP contribution in [0, 0.1) is 11.6 Å². The monoisotopic (exact) mass is 290 g/mol. The van der Waals surface area contributed by atoms with Crippen LogP contribution < -0.4 is 5.73 Å². The van der Waals surface area contributed by atoms with Crippen LogP contribution in [0.5, 0.6) is 0 Å². The van der Waals surface area contributed by atoms with Crippen LogP contribution in [0.15, 0.2) is 42.5 Å². The van der Waals surface area contributed by atoms with E-state index in [1.165, 1.54) is 11.0 Å². The van der Waals surface area contributed by atoms with Crippen molar-refractivity contribution in [3.8, 4) is 0 Å². The summed E-state index contributed by atoms with van der Waals surface area (Å²) in [5, 5.41) is 0. The summed E-state index contributed by atoms with van der Waals surface area (Å²) in [6, 6.07) is 10.7. The maximum atomic E-state index is 13.2. The molecular formula is C16H16F2N2O. The molecular weight excluding hydrogens is 274 g/mol. The van der Waals surface area contributed by atoms with Crippen molar-refractivity contribution in [3.63, 3.8) is 0 Å². The molecule has 0 saturated heterocycles. The fraction of sp³-hybridized carbons (Fsp3) is 0.188. The van der Waals surface area contributed by atoms with Crippen LogP contribution in [0.4, 0.5) is 8.78 Å². The topological polar surface area (TPSA) is 46.3 Å². The van der Waals surface area contributed by atoms with E-state index in [1.807, 2.05) is 24.3 Å². The standard InChI is InChI=1S/C16H16F2N2O/c1-20(10-12-4-2-11(9-19)3-5-12)16(21)13-6-7-14(17)15(18)8-13/h2-8H,9-10,19H2,1H3. The Kier molecular flexibility index (Phi) is 4.65. The van der Waals surface area contributed by atoms with E-state index in [2.05, 4.69) is 0 Å². The van der Waals surface area contributed by atoms with Crippen molar-refractivity contribution in [2.45, 2.75) is 13.1 Å². The zero-order valence-electron chi connectivity index (χ0n) is 11.6. The third-order valence-electron chi connectivity index (χ3n) is 3.19. The second-order valence-electron chi connectivity index (χ2n) is 4.81. The number of benzene rings is 2. The summed E-state index contributed by atoms with van der Waals surface area (Å²) in [6.07, 6.45) is 0. The largest absolute Gasteiger partial charge is 0.337 e. The average Bonchev–Trinajstić information content (AvgIpc) is 2.50. The molecule has 0 unspecified atom stereocenters. The molecule has 0 aliphatic rings. The first-order chi connectivity index (χ1) is 10.0. The molecule has 0 radical (unpaired) electrons. The molecule has 0 atom stereocenters. The zero-order chi connectivity index (χ0) is 15.4. The Labute approximate surface area is 122 Å². The summed E-state index contributed by atoms with van der Waals surface area (Å²) in [4.78, 5) is 13.6. The number of carbonyl (C=O) groups excluding carboxylic acids is 1. The van der Waals surface area contributed by atoms with Gasteiger partial charge in [-0.1, -0.05) is 24.3 Å². The van der Waals surface area contributed by atoms with Crippen LogP contribution in [0.2, 0.25) is 0 Å². The van der Waals surface area contributed by atoms with Gasteiger partial charge in [0.2, 0.25) is 0 Å². The van der Waals surface area contributed by atoms with Crippen molar-refractivity contribution in [1.82, 2.24) is 4.90 Å². The Hall–Kier alpha value is -2.27. The fourth-order valence-electron chi connectivity index (χ4n) is 1.98. The van der Waals surface area contributed by atoms with E-state index in [9.17, 15) is 13.6 Å². The molecule has 110 valence electrons. The van der Waals surface area contributed by atoms with Crippen molar-refractivity contribution in [2.75, 3.05) is 7.05 Å². The minimum absolute atomic E-state index is 0.120. The van der Waals surface area contributed by atoms with Crippen molar-refractivity contribution in [1.29, 1.82) is 0 Å². The number of hydrogen-bond acceptors (Lipinski definition) is 2. The minimum Gasteiger partial charge on any atom is -0.337 e. The zero-order valence-corrected chi connectivity index (χ0v) is 11.6. The van der Waals surface area contributed by atoms with E-state index in [1.54, 1.807) is 7.05 Å². The third kappa shape index (κ3) is 3.64. The lowest BCUT2D eigenvalue weighted by Gasteiger charge is -2.17. The Morgan fingerprint density at radius 1 is 1.05 bits per heavy atom. The van der Waals surface area contributed by atoms with Crippen LogP contribution in [0.3, 0.4) is 0 Å². The lowest BCUT2D eigenvalue weighted by Crippen LogP contribution is -2.26. The normalized spacial score (nSPS) is 10.5. The first-order valence-corrected chi connectivity index (χ1v) is 6.49. The van der Waals surface area contributed by atoms with Gasteiger partial charge in [-0.15, -0.1) is 0 Å². The Balaban J connectivity index is 2.09. The molecule has 2 aromatic carbocycles. The van der Waals surface area contributed by atoms with Gasteiger partial charge in [0, 0.05) is 25.7 Å². The molecule has 0 bridgehead atoms. The number of rotatable bonds is 4. The summed E-state index contributed by atoms with van der Waals surface area (Å²) in [6.45, 7) is 0.840. The fourth-order valence-corrected chi connectivity index (χ4v) is 1.98. The van der Waals surface area contributed by atoms with E-state index in [0.717, 1.165) is 23.3 Å². The molecule has 0 aromatic heterocycles. The highest BCUT2D eigenvalue weighted by atomic mass is 19.2. The second-order valence-corrected chi connectivity index (χ2v) is 4.81. The highest BCUT2D eigenvalue weighted by Gasteiger charge is 2.14. The summed E-state index contributed by atoms with van der Waals surface area (Å²) in [5.41, 5.74) is 7.58. The molecule has 3 nitrogen and oxygen atoms in total. The molecule has 2 aromatic rings. The molecule has 0 spiro atoms. The van der Waals surface area contributed by atoms with Crippen LogP contribution >= 0.6 is 0 Å². The van der Waals surface area contributed by atoms with Crippen LogP contribution in [0.1, 0.15) is 21.5 Å². The summed E-state index contributed by atoms with van der Waals surface area (Å²) < 4.78 is 26.0. The van der Waals surface area contributed by atoms with Crippen molar-refractivity contribution in [2.24, 2.45) is 5.73 Å². The van der Waals surface area contributed by atoms with Gasteiger partial charge in [0.05, 0.1) is 0 Å². The van der Waals surface area contributed by atoms with Gasteiger partial charge in [-0.3, -0.25) is 4.79 Å². The molecule has 21 heavy (non-hydrogen) atoms. The number of nitrogens with zero attached hydrogens (tertiary/aromatic N) is 1. The Bertz CT molecular complexity index is 641. The maximum absolute atomic E-state index is 13.2. The number of amides is 1. The smallest absolute Gasteiger partial charge is 0.254 e.